The Kier molecular flexibility index (Phi) is 6.61. The second kappa shape index (κ2) is 8.69. The normalized spacial score (nSPS) is 13.8. The van der Waals surface area contributed by atoms with E-state index in [0.29, 0.717) is 30.8 Å². The molecular formula is C18H27N3O4. The molecule has 1 aromatic heterocycles. The largest absolute Gasteiger partial charge is 0.462 e. The second-order valence-electron chi connectivity index (χ2n) is 6.28. The zero-order chi connectivity index (χ0) is 18.4. The third kappa shape index (κ3) is 4.84. The van der Waals surface area contributed by atoms with Gasteiger partial charge in [0.1, 0.15) is 6.54 Å². The monoisotopic (exact) mass is 349 g/mol. The lowest BCUT2D eigenvalue weighted by Crippen LogP contribution is -2.34. The molecule has 138 valence electrons. The summed E-state index contributed by atoms with van der Waals surface area (Å²) in [5, 5.41) is 2.78. The van der Waals surface area contributed by atoms with Gasteiger partial charge in [0.2, 0.25) is 11.8 Å². The minimum Gasteiger partial charge on any atom is -0.462 e. The first-order valence-corrected chi connectivity index (χ1v) is 8.82. The Bertz CT molecular complexity index is 645. The van der Waals surface area contributed by atoms with Crippen LogP contribution in [-0.2, 0) is 20.9 Å². The summed E-state index contributed by atoms with van der Waals surface area (Å²) in [6.07, 6.45) is 2.45. The predicted octanol–water partition coefficient (Wildman–Crippen LogP) is 1.41. The van der Waals surface area contributed by atoms with Gasteiger partial charge in [0.15, 0.2) is 0 Å². The molecule has 0 unspecified atom stereocenters. The lowest BCUT2D eigenvalue weighted by atomic mass is 10.2. The van der Waals surface area contributed by atoms with Gasteiger partial charge >= 0.3 is 5.97 Å². The van der Waals surface area contributed by atoms with Crippen LogP contribution in [0.3, 0.4) is 0 Å². The zero-order valence-electron chi connectivity index (χ0n) is 15.3. The molecule has 7 heteroatoms. The van der Waals surface area contributed by atoms with Crippen LogP contribution in [0.15, 0.2) is 6.07 Å². The van der Waals surface area contributed by atoms with Crippen molar-refractivity contribution in [3.05, 3.63) is 23.0 Å². The van der Waals surface area contributed by atoms with Crippen molar-refractivity contribution in [3.63, 3.8) is 0 Å². The van der Waals surface area contributed by atoms with Gasteiger partial charge in [-0.1, -0.05) is 0 Å². The van der Waals surface area contributed by atoms with E-state index in [9.17, 15) is 14.4 Å². The molecule has 2 rings (SSSR count). The Morgan fingerprint density at radius 1 is 1.20 bits per heavy atom. The molecule has 0 atom stereocenters. The van der Waals surface area contributed by atoms with Crippen molar-refractivity contribution in [1.82, 2.24) is 14.8 Å². The molecule has 1 aliphatic heterocycles. The average Bonchev–Trinajstić information content (AvgIpc) is 3.19. The van der Waals surface area contributed by atoms with Crippen LogP contribution in [0.5, 0.6) is 0 Å². The number of likely N-dealkylation sites (tertiary alicyclic amines) is 1. The van der Waals surface area contributed by atoms with Gasteiger partial charge < -0.3 is 19.5 Å². The molecule has 0 aliphatic carbocycles. The molecule has 1 N–H and O–H groups in total. The molecule has 1 saturated heterocycles. The Labute approximate surface area is 148 Å². The molecule has 0 radical (unpaired) electrons. The van der Waals surface area contributed by atoms with Crippen LogP contribution in [-0.4, -0.2) is 53.5 Å². The molecule has 0 bridgehead atoms. The lowest BCUT2D eigenvalue weighted by Gasteiger charge is -2.15. The molecule has 25 heavy (non-hydrogen) atoms. The van der Waals surface area contributed by atoms with Crippen molar-refractivity contribution >= 4 is 17.8 Å². The quantitative estimate of drug-likeness (QED) is 0.755. The maximum atomic E-state index is 12.2. The number of nitrogens with one attached hydrogen (secondary N) is 1. The van der Waals surface area contributed by atoms with Crippen LogP contribution >= 0.6 is 0 Å². The number of aromatic nitrogens is 1. The number of amides is 2. The van der Waals surface area contributed by atoms with E-state index in [2.05, 4.69) is 5.32 Å². The number of ether oxygens (including phenoxy) is 1. The van der Waals surface area contributed by atoms with Gasteiger partial charge in [0.05, 0.1) is 12.2 Å². The third-order valence-corrected chi connectivity index (χ3v) is 4.49. The van der Waals surface area contributed by atoms with Crippen molar-refractivity contribution in [1.29, 1.82) is 0 Å². The summed E-state index contributed by atoms with van der Waals surface area (Å²) < 4.78 is 6.81. The van der Waals surface area contributed by atoms with E-state index in [1.165, 1.54) is 0 Å². The van der Waals surface area contributed by atoms with E-state index in [-0.39, 0.29) is 24.3 Å². The van der Waals surface area contributed by atoms with Gasteiger partial charge in [-0.05, 0) is 39.7 Å². The highest BCUT2D eigenvalue weighted by atomic mass is 16.5. The average molecular weight is 349 g/mol. The summed E-state index contributed by atoms with van der Waals surface area (Å²) in [4.78, 5) is 37.9. The van der Waals surface area contributed by atoms with E-state index in [0.717, 1.165) is 31.6 Å². The number of rotatable bonds is 7. The first-order chi connectivity index (χ1) is 11.9. The van der Waals surface area contributed by atoms with E-state index >= 15 is 0 Å². The van der Waals surface area contributed by atoms with E-state index in [1.54, 1.807) is 24.5 Å². The van der Waals surface area contributed by atoms with Crippen LogP contribution in [0.4, 0.5) is 0 Å². The van der Waals surface area contributed by atoms with Crippen LogP contribution in [0.25, 0.3) is 0 Å². The number of nitrogens with zero attached hydrogens (tertiary/aromatic N) is 2. The molecule has 2 heterocycles. The fraction of sp³-hybridized carbons (Fsp3) is 0.611. The molecule has 7 nitrogen and oxygen atoms in total. The summed E-state index contributed by atoms with van der Waals surface area (Å²) in [5.41, 5.74) is 2.01. The summed E-state index contributed by atoms with van der Waals surface area (Å²) >= 11 is 0. The summed E-state index contributed by atoms with van der Waals surface area (Å²) in [6, 6.07) is 1.73. The van der Waals surface area contributed by atoms with Crippen molar-refractivity contribution in [2.45, 2.75) is 46.6 Å². The van der Waals surface area contributed by atoms with Gasteiger partial charge in [0.25, 0.3) is 0 Å². The van der Waals surface area contributed by atoms with Crippen LogP contribution < -0.4 is 5.32 Å². The molecule has 1 fully saturated rings. The molecule has 2 amide bonds. The summed E-state index contributed by atoms with van der Waals surface area (Å²) in [5.74, 6) is -0.458. The number of carbonyl (C=O) groups excluding carboxylic acids is 3. The standard InChI is InChI=1S/C18H27N3O4/c1-4-25-18(24)15-11-13(2)21(14(15)3)12-16(22)19-8-7-17(23)20-9-5-6-10-20/h11H,4-10,12H2,1-3H3,(H,19,22). The maximum absolute atomic E-state index is 12.2. The lowest BCUT2D eigenvalue weighted by molar-refractivity contribution is -0.130. The molecular weight excluding hydrogens is 322 g/mol. The Balaban J connectivity index is 1.85. The van der Waals surface area contributed by atoms with Crippen LogP contribution in [0.1, 0.15) is 47.9 Å². The summed E-state index contributed by atoms with van der Waals surface area (Å²) in [6.45, 7) is 7.81. The number of hydrogen-bond donors (Lipinski definition) is 1. The first-order valence-electron chi connectivity index (χ1n) is 8.82. The first kappa shape index (κ1) is 19.0. The number of esters is 1. The van der Waals surface area contributed by atoms with Gasteiger partial charge in [0, 0.05) is 37.4 Å². The van der Waals surface area contributed by atoms with Crippen molar-refractivity contribution in [2.75, 3.05) is 26.2 Å². The molecule has 1 aliphatic rings. The minimum absolute atomic E-state index is 0.0933. The third-order valence-electron chi connectivity index (χ3n) is 4.49. The summed E-state index contributed by atoms with van der Waals surface area (Å²) in [7, 11) is 0. The molecule has 0 saturated carbocycles. The highest BCUT2D eigenvalue weighted by Crippen LogP contribution is 2.16. The van der Waals surface area contributed by atoms with E-state index in [1.807, 2.05) is 11.8 Å². The highest BCUT2D eigenvalue weighted by molar-refractivity contribution is 5.91. The fourth-order valence-electron chi connectivity index (χ4n) is 3.09. The van der Waals surface area contributed by atoms with E-state index < -0.39 is 0 Å². The molecule has 0 spiro atoms. The fourth-order valence-corrected chi connectivity index (χ4v) is 3.09. The predicted molar refractivity (Wildman–Crippen MR) is 93.3 cm³/mol. The van der Waals surface area contributed by atoms with Gasteiger partial charge in [-0.15, -0.1) is 0 Å². The topological polar surface area (TPSA) is 80.6 Å². The van der Waals surface area contributed by atoms with Crippen molar-refractivity contribution in [2.24, 2.45) is 0 Å². The number of hydrogen-bond acceptors (Lipinski definition) is 4. The maximum Gasteiger partial charge on any atom is 0.339 e. The number of aryl methyl sites for hydroxylation is 1. The SMILES string of the molecule is CCOC(=O)c1cc(C)n(CC(=O)NCCC(=O)N2CCCC2)c1C. The zero-order valence-corrected chi connectivity index (χ0v) is 15.3. The highest BCUT2D eigenvalue weighted by Gasteiger charge is 2.19. The van der Waals surface area contributed by atoms with Gasteiger partial charge in [-0.25, -0.2) is 4.79 Å². The van der Waals surface area contributed by atoms with E-state index in [4.69, 9.17) is 4.74 Å². The molecule has 0 aromatic carbocycles. The van der Waals surface area contributed by atoms with Gasteiger partial charge in [-0.3, -0.25) is 9.59 Å². The smallest absolute Gasteiger partial charge is 0.339 e. The van der Waals surface area contributed by atoms with Crippen LogP contribution in [0, 0.1) is 13.8 Å². The van der Waals surface area contributed by atoms with Crippen molar-refractivity contribution < 1.29 is 19.1 Å². The minimum atomic E-state index is -0.376. The Morgan fingerprint density at radius 3 is 2.52 bits per heavy atom. The Hall–Kier alpha value is -2.31. The van der Waals surface area contributed by atoms with Gasteiger partial charge in [-0.2, -0.15) is 0 Å². The number of carbonyl (C=O) groups is 3. The second-order valence-corrected chi connectivity index (χ2v) is 6.28. The Morgan fingerprint density at radius 2 is 1.88 bits per heavy atom. The molecule has 1 aromatic rings. The van der Waals surface area contributed by atoms with Crippen molar-refractivity contribution in [3.8, 4) is 0 Å². The van der Waals surface area contributed by atoms with Crippen LogP contribution in [0.2, 0.25) is 0 Å².